The molecule has 0 radical (unpaired) electrons. The number of hydrogen-bond donors (Lipinski definition) is 4. The third-order valence-corrected chi connectivity index (χ3v) is 7.16. The largest absolute Gasteiger partial charge is 0.420 e. The number of anilines is 1. The second-order valence-corrected chi connectivity index (χ2v) is 11.9. The first kappa shape index (κ1) is 33.4. The van der Waals surface area contributed by atoms with Crippen molar-refractivity contribution in [3.8, 4) is 5.69 Å². The third kappa shape index (κ3) is 7.27. The van der Waals surface area contributed by atoms with E-state index in [1.165, 1.54) is 24.7 Å². The van der Waals surface area contributed by atoms with Gasteiger partial charge in [-0.05, 0) is 70.5 Å². The summed E-state index contributed by atoms with van der Waals surface area (Å²) in [5.74, 6) is -2.27. The summed E-state index contributed by atoms with van der Waals surface area (Å²) in [5.41, 5.74) is 3.10. The summed E-state index contributed by atoms with van der Waals surface area (Å²) in [6.07, 6.45) is -3.57. The van der Waals surface area contributed by atoms with Gasteiger partial charge < -0.3 is 26.4 Å². The molecule has 0 aliphatic carbocycles. The number of fused-ring (bicyclic) bond motifs is 1. The zero-order valence-corrected chi connectivity index (χ0v) is 25.3. The lowest BCUT2D eigenvalue weighted by molar-refractivity contribution is -0.259. The average molecular weight is 605 g/mol. The van der Waals surface area contributed by atoms with Crippen LogP contribution in [0.25, 0.3) is 16.6 Å². The van der Waals surface area contributed by atoms with E-state index < -0.39 is 60.1 Å². The minimum atomic E-state index is -5.04. The molecule has 3 amide bonds. The van der Waals surface area contributed by atoms with Gasteiger partial charge in [0.2, 0.25) is 11.8 Å². The number of aromatic nitrogens is 2. The summed E-state index contributed by atoms with van der Waals surface area (Å²) in [5, 5.41) is 21.1. The van der Waals surface area contributed by atoms with Crippen molar-refractivity contribution < 1.29 is 32.7 Å². The Morgan fingerprint density at radius 2 is 1.74 bits per heavy atom. The van der Waals surface area contributed by atoms with Crippen molar-refractivity contribution >= 4 is 34.3 Å². The van der Waals surface area contributed by atoms with Crippen LogP contribution in [0.2, 0.25) is 0 Å². The first-order valence-corrected chi connectivity index (χ1v) is 13.8. The summed E-state index contributed by atoms with van der Waals surface area (Å²) < 4.78 is 44.3. The van der Waals surface area contributed by atoms with Crippen molar-refractivity contribution in [2.45, 2.75) is 71.8 Å². The highest BCUT2D eigenvalue weighted by atomic mass is 19.4. The van der Waals surface area contributed by atoms with Gasteiger partial charge in [0.05, 0.1) is 30.5 Å². The van der Waals surface area contributed by atoms with Crippen molar-refractivity contribution in [3.63, 3.8) is 0 Å². The number of rotatable bonds is 11. The number of amides is 3. The molecule has 0 spiro atoms. The van der Waals surface area contributed by atoms with Crippen LogP contribution in [0.3, 0.4) is 0 Å². The van der Waals surface area contributed by atoms with E-state index in [1.807, 2.05) is 0 Å². The number of aliphatic hydroxyl groups is 1. The van der Waals surface area contributed by atoms with Crippen LogP contribution in [0.15, 0.2) is 42.6 Å². The number of nitrogens with two attached hydrogens (primary N) is 1. The number of nitrogens with zero attached hydrogens (tertiary/aromatic N) is 3. The second-order valence-electron chi connectivity index (χ2n) is 11.9. The molecule has 1 atom stereocenters. The summed E-state index contributed by atoms with van der Waals surface area (Å²) >= 11 is 0. The molecule has 234 valence electrons. The zero-order chi connectivity index (χ0) is 32.5. The van der Waals surface area contributed by atoms with Crippen LogP contribution in [0.4, 0.5) is 18.9 Å². The van der Waals surface area contributed by atoms with Crippen LogP contribution in [0.5, 0.6) is 0 Å². The minimum absolute atomic E-state index is 0.238. The van der Waals surface area contributed by atoms with Gasteiger partial charge in [-0.3, -0.25) is 14.4 Å². The molecule has 1 unspecified atom stereocenters. The maximum atomic E-state index is 14.3. The fourth-order valence-corrected chi connectivity index (χ4v) is 4.43. The van der Waals surface area contributed by atoms with Gasteiger partial charge >= 0.3 is 6.18 Å². The van der Waals surface area contributed by atoms with Crippen LogP contribution in [0.1, 0.15) is 57.5 Å². The maximum Gasteiger partial charge on any atom is 0.420 e. The quantitative estimate of drug-likeness (QED) is 0.261. The lowest BCUT2D eigenvalue weighted by atomic mass is 9.99. The van der Waals surface area contributed by atoms with Crippen molar-refractivity contribution in [1.29, 1.82) is 0 Å². The van der Waals surface area contributed by atoms with E-state index >= 15 is 0 Å². The third-order valence-electron chi connectivity index (χ3n) is 7.16. The maximum absolute atomic E-state index is 14.3. The number of benzene rings is 2. The number of primary amides is 1. The smallest absolute Gasteiger partial charge is 0.381 e. The van der Waals surface area contributed by atoms with Crippen molar-refractivity contribution in [2.24, 2.45) is 11.7 Å². The molecule has 1 aromatic heterocycles. The molecule has 0 aliphatic rings. The molecule has 0 bridgehead atoms. The lowest BCUT2D eigenvalue weighted by Crippen LogP contribution is -2.60. The molecule has 3 rings (SSSR count). The number of halogens is 3. The van der Waals surface area contributed by atoms with Crippen LogP contribution in [-0.2, 0) is 9.59 Å². The van der Waals surface area contributed by atoms with E-state index in [0.29, 0.717) is 27.8 Å². The Morgan fingerprint density at radius 3 is 2.30 bits per heavy atom. The van der Waals surface area contributed by atoms with Gasteiger partial charge in [-0.15, -0.1) is 0 Å². The Morgan fingerprint density at radius 1 is 1.09 bits per heavy atom. The minimum Gasteiger partial charge on any atom is -0.381 e. The first-order chi connectivity index (χ1) is 19.8. The van der Waals surface area contributed by atoms with Gasteiger partial charge in [0.15, 0.2) is 5.60 Å². The van der Waals surface area contributed by atoms with Crippen LogP contribution in [-0.4, -0.2) is 74.0 Å². The highest BCUT2D eigenvalue weighted by Crippen LogP contribution is 2.34. The van der Waals surface area contributed by atoms with Gasteiger partial charge in [0, 0.05) is 28.6 Å². The standard InChI is InChI=1S/C30H39F3N6O4/c1-17(2)26(41)38(18(3)4)16-29(43,30(31,32)33)15-35-23-11-19(5)12-24-22(23)14-36-39(24)21-10-8-9-20(13-21)25(40)37-28(6,7)27(34)42/h8-14,17-18,35,43H,15-16H2,1-7H3,(H2,34,42)(H,37,40). The predicted molar refractivity (Wildman–Crippen MR) is 158 cm³/mol. The van der Waals surface area contributed by atoms with Crippen molar-refractivity contribution in [3.05, 3.63) is 53.7 Å². The highest BCUT2D eigenvalue weighted by Gasteiger charge is 2.55. The summed E-state index contributed by atoms with van der Waals surface area (Å²) in [6, 6.07) is 9.31. The molecule has 3 aromatic rings. The Labute approximate surface area is 248 Å². The molecule has 0 aliphatic heterocycles. The van der Waals surface area contributed by atoms with Crippen LogP contribution in [0, 0.1) is 12.8 Å². The van der Waals surface area contributed by atoms with Gasteiger partial charge in [-0.1, -0.05) is 19.9 Å². The second kappa shape index (κ2) is 12.2. The summed E-state index contributed by atoms with van der Waals surface area (Å²) in [6.45, 7) is 9.25. The lowest BCUT2D eigenvalue weighted by Gasteiger charge is -2.38. The molecule has 1 heterocycles. The molecule has 43 heavy (non-hydrogen) atoms. The van der Waals surface area contributed by atoms with E-state index in [2.05, 4.69) is 15.7 Å². The summed E-state index contributed by atoms with van der Waals surface area (Å²) in [4.78, 5) is 38.2. The van der Waals surface area contributed by atoms with Crippen LogP contribution < -0.4 is 16.4 Å². The van der Waals surface area contributed by atoms with E-state index in [4.69, 9.17) is 5.73 Å². The molecule has 5 N–H and O–H groups in total. The molecule has 0 saturated carbocycles. The van der Waals surface area contributed by atoms with Crippen LogP contribution >= 0.6 is 0 Å². The normalized spacial score (nSPS) is 13.7. The molecule has 2 aromatic carbocycles. The number of nitrogens with one attached hydrogen (secondary N) is 2. The van der Waals surface area contributed by atoms with E-state index in [1.54, 1.807) is 71.0 Å². The molecular formula is C30H39F3N6O4. The zero-order valence-electron chi connectivity index (χ0n) is 25.3. The molecule has 0 saturated heterocycles. The topological polar surface area (TPSA) is 143 Å². The van der Waals surface area contributed by atoms with Gasteiger partial charge in [0.1, 0.15) is 5.54 Å². The Bertz CT molecular complexity index is 1520. The highest BCUT2D eigenvalue weighted by molar-refractivity contribution is 5.99. The van der Waals surface area contributed by atoms with Crippen molar-refractivity contribution in [1.82, 2.24) is 20.0 Å². The number of carbonyl (C=O) groups excluding carboxylic acids is 3. The van der Waals surface area contributed by atoms with E-state index in [9.17, 15) is 32.7 Å². The average Bonchev–Trinajstić information content (AvgIpc) is 3.32. The number of carbonyl (C=O) groups is 3. The predicted octanol–water partition coefficient (Wildman–Crippen LogP) is 3.93. The van der Waals surface area contributed by atoms with Crippen molar-refractivity contribution in [2.75, 3.05) is 18.4 Å². The fourth-order valence-electron chi connectivity index (χ4n) is 4.43. The van der Waals surface area contributed by atoms with E-state index in [-0.39, 0.29) is 5.56 Å². The van der Waals surface area contributed by atoms with Gasteiger partial charge in [-0.25, -0.2) is 4.68 Å². The molecular weight excluding hydrogens is 565 g/mol. The fraction of sp³-hybridized carbons (Fsp3) is 0.467. The number of aryl methyl sites for hydroxylation is 1. The molecule has 10 nitrogen and oxygen atoms in total. The molecule has 0 fully saturated rings. The summed E-state index contributed by atoms with van der Waals surface area (Å²) in [7, 11) is 0. The number of hydrogen-bond acceptors (Lipinski definition) is 6. The van der Waals surface area contributed by atoms with E-state index in [0.717, 1.165) is 4.90 Å². The van der Waals surface area contributed by atoms with Gasteiger partial charge in [0.25, 0.3) is 5.91 Å². The Hall–Kier alpha value is -4.13. The van der Waals surface area contributed by atoms with Gasteiger partial charge in [-0.2, -0.15) is 18.3 Å². The Kier molecular flexibility index (Phi) is 9.49. The Balaban J connectivity index is 1.96. The SMILES string of the molecule is Cc1cc(NCC(O)(CN(C(=O)C(C)C)C(C)C)C(F)(F)F)c2cnn(-c3cccc(C(=O)NC(C)(C)C(N)=O)c3)c2c1. The monoisotopic (exact) mass is 604 g/mol. The first-order valence-electron chi connectivity index (χ1n) is 13.8. The molecule has 13 heteroatoms. The number of alkyl halides is 3.